The smallest absolute Gasteiger partial charge is 0.260 e. The van der Waals surface area contributed by atoms with Crippen molar-refractivity contribution in [2.75, 3.05) is 0 Å². The molecule has 2 nitrogen and oxygen atoms in total. The zero-order chi connectivity index (χ0) is 15.9. The molecule has 0 aliphatic heterocycles. The highest BCUT2D eigenvalue weighted by Gasteiger charge is 2.34. The van der Waals surface area contributed by atoms with Crippen molar-refractivity contribution in [3.8, 4) is 0 Å². The van der Waals surface area contributed by atoms with Crippen molar-refractivity contribution in [1.29, 1.82) is 0 Å². The van der Waals surface area contributed by atoms with Crippen LogP contribution in [0.4, 0.5) is 0 Å². The zero-order valence-corrected chi connectivity index (χ0v) is 18.3. The standard InChI is InChI=1S/C16H37IN2Si/c1-9-13(5)18(14(6)10-2)20(17)19(15(7)11-3)16(8)12-4/h13-16,20H,9-12H2,1-8H3. The first-order chi connectivity index (χ1) is 9.35. The molecule has 0 aliphatic rings. The van der Waals surface area contributed by atoms with Crippen LogP contribution in [-0.2, 0) is 0 Å². The topological polar surface area (TPSA) is 6.48 Å². The summed E-state index contributed by atoms with van der Waals surface area (Å²) in [5.74, 6) is 0. The minimum Gasteiger partial charge on any atom is -0.301 e. The van der Waals surface area contributed by atoms with E-state index in [0.717, 1.165) is 0 Å². The quantitative estimate of drug-likeness (QED) is 0.285. The average Bonchev–Trinajstić information content (AvgIpc) is 2.46. The molecule has 0 rings (SSSR count). The maximum Gasteiger partial charge on any atom is 0.260 e. The van der Waals surface area contributed by atoms with E-state index in [-0.39, 0.29) is 0 Å². The van der Waals surface area contributed by atoms with Crippen LogP contribution in [0.5, 0.6) is 0 Å². The van der Waals surface area contributed by atoms with Crippen LogP contribution < -0.4 is 0 Å². The molecule has 0 aromatic heterocycles. The van der Waals surface area contributed by atoms with E-state index in [1.807, 2.05) is 0 Å². The molecule has 4 heteroatoms. The van der Waals surface area contributed by atoms with Crippen LogP contribution in [0, 0.1) is 0 Å². The molecule has 4 atom stereocenters. The van der Waals surface area contributed by atoms with E-state index in [2.05, 4.69) is 86.3 Å². The summed E-state index contributed by atoms with van der Waals surface area (Å²) < 4.78 is 5.72. The lowest BCUT2D eigenvalue weighted by molar-refractivity contribution is 0.199. The molecule has 0 saturated carbocycles. The van der Waals surface area contributed by atoms with Crippen LogP contribution >= 0.6 is 21.8 Å². The molecule has 0 radical (unpaired) electrons. The Balaban J connectivity index is 5.28. The largest absolute Gasteiger partial charge is 0.301 e. The van der Waals surface area contributed by atoms with Gasteiger partial charge >= 0.3 is 0 Å². The molecule has 0 saturated heterocycles. The fourth-order valence-corrected chi connectivity index (χ4v) is 12.1. The highest BCUT2D eigenvalue weighted by molar-refractivity contribution is 14.1. The predicted octanol–water partition coefficient (Wildman–Crippen LogP) is 4.94. The summed E-state index contributed by atoms with van der Waals surface area (Å²) >= 11 is 2.81. The monoisotopic (exact) mass is 412 g/mol. The summed E-state index contributed by atoms with van der Waals surface area (Å²) in [7, 11) is 0. The van der Waals surface area contributed by atoms with Gasteiger partial charge in [0.25, 0.3) is 6.62 Å². The van der Waals surface area contributed by atoms with E-state index in [1.54, 1.807) is 0 Å². The van der Waals surface area contributed by atoms with Gasteiger partial charge in [-0.05, 0) is 25.7 Å². The van der Waals surface area contributed by atoms with Crippen LogP contribution in [-0.4, -0.2) is 39.9 Å². The Morgan fingerprint density at radius 2 is 0.850 bits per heavy atom. The van der Waals surface area contributed by atoms with Gasteiger partial charge in [0, 0.05) is 24.2 Å². The molecule has 0 aromatic rings. The van der Waals surface area contributed by atoms with Crippen molar-refractivity contribution in [1.82, 2.24) is 9.13 Å². The van der Waals surface area contributed by atoms with Gasteiger partial charge in [0.15, 0.2) is 0 Å². The fourth-order valence-electron chi connectivity index (χ4n) is 2.71. The molecule has 0 fully saturated rings. The normalized spacial score (nSPS) is 19.9. The molecule has 4 unspecified atom stereocenters. The van der Waals surface area contributed by atoms with Crippen LogP contribution in [0.15, 0.2) is 0 Å². The van der Waals surface area contributed by atoms with Crippen LogP contribution in [0.1, 0.15) is 81.1 Å². The Hall–Kier alpha value is 0.867. The molecule has 0 aromatic carbocycles. The maximum absolute atomic E-state index is 2.86. The molecular formula is C16H37IN2Si. The van der Waals surface area contributed by atoms with Gasteiger partial charge in [0.1, 0.15) is 0 Å². The van der Waals surface area contributed by atoms with E-state index in [0.29, 0.717) is 24.2 Å². The van der Waals surface area contributed by atoms with Gasteiger partial charge in [-0.15, -0.1) is 0 Å². The van der Waals surface area contributed by atoms with E-state index in [4.69, 9.17) is 0 Å². The third-order valence-corrected chi connectivity index (χ3v) is 11.8. The van der Waals surface area contributed by atoms with Gasteiger partial charge < -0.3 is 9.13 Å². The molecule has 0 heterocycles. The number of nitrogens with zero attached hydrogens (tertiary/aromatic N) is 2. The lowest BCUT2D eigenvalue weighted by Crippen LogP contribution is -2.60. The van der Waals surface area contributed by atoms with Gasteiger partial charge in [0.2, 0.25) is 0 Å². The van der Waals surface area contributed by atoms with E-state index in [1.165, 1.54) is 25.7 Å². The van der Waals surface area contributed by atoms with Crippen molar-refractivity contribution >= 4 is 28.4 Å². The van der Waals surface area contributed by atoms with Crippen molar-refractivity contribution in [3.05, 3.63) is 0 Å². The third kappa shape index (κ3) is 5.58. The SMILES string of the molecule is CCC(C)N(C(C)CC)[SiH](I)N(C(C)CC)C(C)CC. The van der Waals surface area contributed by atoms with Gasteiger partial charge in [-0.3, -0.25) is 0 Å². The first-order valence-electron chi connectivity index (χ1n) is 8.54. The van der Waals surface area contributed by atoms with Crippen molar-refractivity contribution in [2.45, 2.75) is 105 Å². The molecular weight excluding hydrogens is 375 g/mol. The number of halogens is 1. The summed E-state index contributed by atoms with van der Waals surface area (Å²) in [6.07, 6.45) is 5.02. The van der Waals surface area contributed by atoms with Crippen molar-refractivity contribution in [3.63, 3.8) is 0 Å². The van der Waals surface area contributed by atoms with E-state index < -0.39 is 6.62 Å². The Bertz CT molecular complexity index is 209. The van der Waals surface area contributed by atoms with E-state index in [9.17, 15) is 0 Å². The number of rotatable bonds is 10. The molecule has 0 aliphatic carbocycles. The highest BCUT2D eigenvalue weighted by Crippen LogP contribution is 2.25. The number of hydrogen-bond donors (Lipinski definition) is 0. The summed E-state index contributed by atoms with van der Waals surface area (Å²) in [5.41, 5.74) is 0. The second-order valence-corrected chi connectivity index (χ2v) is 11.4. The van der Waals surface area contributed by atoms with Gasteiger partial charge in [-0.25, -0.2) is 0 Å². The summed E-state index contributed by atoms with van der Waals surface area (Å²) in [6, 6.07) is 2.81. The molecule has 122 valence electrons. The zero-order valence-electron chi connectivity index (χ0n) is 15.0. The van der Waals surface area contributed by atoms with Crippen LogP contribution in [0.2, 0.25) is 0 Å². The van der Waals surface area contributed by atoms with Gasteiger partial charge in [-0.1, -0.05) is 77.2 Å². The van der Waals surface area contributed by atoms with Crippen molar-refractivity contribution < 1.29 is 0 Å². The lowest BCUT2D eigenvalue weighted by Gasteiger charge is -2.46. The highest BCUT2D eigenvalue weighted by atomic mass is 127. The minimum absolute atomic E-state index is 0.703. The molecule has 20 heavy (non-hydrogen) atoms. The van der Waals surface area contributed by atoms with Crippen LogP contribution in [0.25, 0.3) is 0 Å². The van der Waals surface area contributed by atoms with Gasteiger partial charge in [-0.2, -0.15) is 0 Å². The number of hydrogen-bond acceptors (Lipinski definition) is 2. The minimum atomic E-state index is -1.10. The Labute approximate surface area is 142 Å². The van der Waals surface area contributed by atoms with Crippen molar-refractivity contribution in [2.24, 2.45) is 0 Å². The van der Waals surface area contributed by atoms with E-state index >= 15 is 0 Å². The Morgan fingerprint density at radius 3 is 1.00 bits per heavy atom. The first kappa shape index (κ1) is 20.9. The average molecular weight is 412 g/mol. The third-order valence-electron chi connectivity index (χ3n) is 4.89. The summed E-state index contributed by atoms with van der Waals surface area (Å²) in [4.78, 5) is 0. The maximum atomic E-state index is 2.86. The predicted molar refractivity (Wildman–Crippen MR) is 104 cm³/mol. The first-order valence-corrected chi connectivity index (χ1v) is 13.7. The second-order valence-electron chi connectivity index (χ2n) is 6.23. The molecule has 0 amide bonds. The summed E-state index contributed by atoms with van der Waals surface area (Å²) in [6.45, 7) is 17.9. The summed E-state index contributed by atoms with van der Waals surface area (Å²) in [5, 5.41) is 0. The molecule has 0 N–H and O–H groups in total. The molecule has 0 spiro atoms. The fraction of sp³-hybridized carbons (Fsp3) is 1.00. The molecule has 0 bridgehead atoms. The Morgan fingerprint density at radius 1 is 0.650 bits per heavy atom. The second kappa shape index (κ2) is 10.6. The Kier molecular flexibility index (Phi) is 11.0. The van der Waals surface area contributed by atoms with Crippen LogP contribution in [0.3, 0.4) is 0 Å². The lowest BCUT2D eigenvalue weighted by atomic mass is 10.2. The van der Waals surface area contributed by atoms with Gasteiger partial charge in [0.05, 0.1) is 0 Å².